The van der Waals surface area contributed by atoms with E-state index in [9.17, 15) is 19.2 Å². The zero-order valence-corrected chi connectivity index (χ0v) is 14.5. The van der Waals surface area contributed by atoms with Gasteiger partial charge in [-0.15, -0.1) is 0 Å². The summed E-state index contributed by atoms with van der Waals surface area (Å²) in [6, 6.07) is 1.44. The minimum atomic E-state index is -0.839. The van der Waals surface area contributed by atoms with Gasteiger partial charge in [0.15, 0.2) is 6.23 Å². The predicted molar refractivity (Wildman–Crippen MR) is 88.0 cm³/mol. The van der Waals surface area contributed by atoms with Crippen LogP contribution < -0.4 is 11.0 Å². The molecule has 0 spiro atoms. The Bertz CT molecular complexity index is 786. The first-order valence-electron chi connectivity index (χ1n) is 7.77. The molecular weight excluding hydrogens is 346 g/mol. The monoisotopic (exact) mass is 365 g/mol. The smallest absolute Gasteiger partial charge is 0.351 e. The molecule has 0 saturated carbocycles. The highest BCUT2D eigenvalue weighted by Gasteiger charge is 2.31. The minimum Gasteiger partial charge on any atom is -0.463 e. The van der Waals surface area contributed by atoms with Crippen LogP contribution in [-0.4, -0.2) is 46.2 Å². The number of carbonyl (C=O) groups excluding carboxylic acids is 3. The number of amides is 1. The first-order chi connectivity index (χ1) is 12.3. The zero-order chi connectivity index (χ0) is 19.3. The molecule has 0 bridgehead atoms. The third kappa shape index (κ3) is 5.24. The fourth-order valence-corrected chi connectivity index (χ4v) is 2.29. The van der Waals surface area contributed by atoms with Crippen molar-refractivity contribution < 1.29 is 28.6 Å². The van der Waals surface area contributed by atoms with Crippen molar-refractivity contribution in [2.45, 2.75) is 39.2 Å². The summed E-state index contributed by atoms with van der Waals surface area (Å²) in [5, 5.41) is 2.41. The highest BCUT2D eigenvalue weighted by Crippen LogP contribution is 2.22. The Morgan fingerprint density at radius 3 is 2.54 bits per heavy atom. The highest BCUT2D eigenvalue weighted by molar-refractivity contribution is 5.87. The number of aromatic nitrogens is 2. The molecular formula is C16H19N3O7. The van der Waals surface area contributed by atoms with Crippen LogP contribution in [0.5, 0.6) is 0 Å². The summed E-state index contributed by atoms with van der Waals surface area (Å²) in [5.41, 5.74) is -0.650. The quantitative estimate of drug-likeness (QED) is 0.577. The summed E-state index contributed by atoms with van der Waals surface area (Å²) >= 11 is 0. The van der Waals surface area contributed by atoms with E-state index in [2.05, 4.69) is 10.3 Å². The fraction of sp³-hybridized carbons (Fsp3) is 0.438. The Kier molecular flexibility index (Phi) is 6.23. The number of nitrogens with zero attached hydrogens (tertiary/aromatic N) is 2. The van der Waals surface area contributed by atoms with Crippen molar-refractivity contribution in [3.8, 4) is 0 Å². The van der Waals surface area contributed by atoms with Crippen molar-refractivity contribution in [2.24, 2.45) is 0 Å². The summed E-state index contributed by atoms with van der Waals surface area (Å²) in [6.45, 7) is 3.64. The summed E-state index contributed by atoms with van der Waals surface area (Å²) < 4.78 is 17.0. The molecule has 1 aliphatic rings. The van der Waals surface area contributed by atoms with Crippen molar-refractivity contribution >= 4 is 23.7 Å². The van der Waals surface area contributed by atoms with E-state index in [0.717, 1.165) is 0 Å². The van der Waals surface area contributed by atoms with Crippen LogP contribution in [0.3, 0.4) is 0 Å². The number of hydrogen-bond acceptors (Lipinski definition) is 8. The lowest BCUT2D eigenvalue weighted by atomic mass is 10.1. The second-order valence-electron chi connectivity index (χ2n) is 5.51. The van der Waals surface area contributed by atoms with E-state index in [1.165, 1.54) is 43.7 Å². The molecule has 2 rings (SSSR count). The Morgan fingerprint density at radius 2 is 1.96 bits per heavy atom. The van der Waals surface area contributed by atoms with Gasteiger partial charge in [0.1, 0.15) is 24.6 Å². The van der Waals surface area contributed by atoms with Crippen molar-refractivity contribution in [1.29, 1.82) is 0 Å². The van der Waals surface area contributed by atoms with Gasteiger partial charge >= 0.3 is 17.6 Å². The first-order valence-corrected chi connectivity index (χ1v) is 7.77. The fourth-order valence-electron chi connectivity index (χ4n) is 2.29. The van der Waals surface area contributed by atoms with Crippen LogP contribution in [0.25, 0.3) is 0 Å². The summed E-state index contributed by atoms with van der Waals surface area (Å²) in [7, 11) is 0. The van der Waals surface area contributed by atoms with Crippen LogP contribution in [0.4, 0.5) is 5.82 Å². The van der Waals surface area contributed by atoms with E-state index in [-0.39, 0.29) is 18.3 Å². The maximum Gasteiger partial charge on any atom is 0.351 e. The molecule has 10 nitrogen and oxygen atoms in total. The number of rotatable bonds is 5. The molecule has 140 valence electrons. The zero-order valence-electron chi connectivity index (χ0n) is 14.5. The molecule has 26 heavy (non-hydrogen) atoms. The summed E-state index contributed by atoms with van der Waals surface area (Å²) in [4.78, 5) is 49.2. The molecule has 1 amide bonds. The number of esters is 2. The lowest BCUT2D eigenvalue weighted by Crippen LogP contribution is -2.42. The van der Waals surface area contributed by atoms with E-state index in [1.807, 2.05) is 0 Å². The largest absolute Gasteiger partial charge is 0.463 e. The van der Waals surface area contributed by atoms with Gasteiger partial charge < -0.3 is 19.5 Å². The van der Waals surface area contributed by atoms with Crippen LogP contribution in [0.15, 0.2) is 29.2 Å². The molecule has 0 aromatic carbocycles. The van der Waals surface area contributed by atoms with E-state index < -0.39 is 36.1 Å². The second kappa shape index (κ2) is 8.39. The average Bonchev–Trinajstić information content (AvgIpc) is 2.53. The summed E-state index contributed by atoms with van der Waals surface area (Å²) in [5.74, 6) is -1.27. The van der Waals surface area contributed by atoms with Gasteiger partial charge in [0.25, 0.3) is 0 Å². The van der Waals surface area contributed by atoms with Gasteiger partial charge in [-0.25, -0.2) is 4.79 Å². The molecule has 3 atom stereocenters. The van der Waals surface area contributed by atoms with Crippen LogP contribution in [0.2, 0.25) is 0 Å². The topological polar surface area (TPSA) is 126 Å². The van der Waals surface area contributed by atoms with Crippen molar-refractivity contribution in [3.05, 3.63) is 34.9 Å². The molecule has 0 radical (unpaired) electrons. The van der Waals surface area contributed by atoms with Gasteiger partial charge in [0.05, 0.1) is 0 Å². The van der Waals surface area contributed by atoms with Gasteiger partial charge in [-0.1, -0.05) is 0 Å². The molecule has 2 heterocycles. The van der Waals surface area contributed by atoms with Gasteiger partial charge in [-0.05, 0) is 18.2 Å². The SMILES string of the molecule is CC(=O)Nc1ccn([C@H]2C=C[C@H](OC(C)=O)[C@@H](COC(C)=O)O2)c(=O)n1. The Labute approximate surface area is 148 Å². The normalized spacial score (nSPS) is 21.7. The number of anilines is 1. The minimum absolute atomic E-state index is 0.118. The second-order valence-corrected chi connectivity index (χ2v) is 5.51. The molecule has 1 aliphatic heterocycles. The number of carbonyl (C=O) groups is 3. The van der Waals surface area contributed by atoms with Crippen molar-refractivity contribution in [2.75, 3.05) is 11.9 Å². The molecule has 0 fully saturated rings. The molecule has 1 aromatic rings. The van der Waals surface area contributed by atoms with E-state index in [4.69, 9.17) is 14.2 Å². The first kappa shape index (κ1) is 19.3. The highest BCUT2D eigenvalue weighted by atomic mass is 16.6. The molecule has 10 heteroatoms. The molecule has 0 saturated heterocycles. The molecule has 0 aliphatic carbocycles. The lowest BCUT2D eigenvalue weighted by Gasteiger charge is -2.31. The maximum atomic E-state index is 12.2. The molecule has 1 aromatic heterocycles. The van der Waals surface area contributed by atoms with Gasteiger partial charge in [0.2, 0.25) is 5.91 Å². The molecule has 0 unspecified atom stereocenters. The van der Waals surface area contributed by atoms with Crippen molar-refractivity contribution in [1.82, 2.24) is 9.55 Å². The van der Waals surface area contributed by atoms with Crippen LogP contribution >= 0.6 is 0 Å². The third-order valence-electron chi connectivity index (χ3n) is 3.31. The van der Waals surface area contributed by atoms with Gasteiger partial charge in [-0.3, -0.25) is 19.0 Å². The number of nitrogens with one attached hydrogen (secondary N) is 1. The Hall–Kier alpha value is -3.01. The van der Waals surface area contributed by atoms with E-state index in [1.54, 1.807) is 6.08 Å². The van der Waals surface area contributed by atoms with Crippen molar-refractivity contribution in [3.63, 3.8) is 0 Å². The van der Waals surface area contributed by atoms with Gasteiger partial charge in [0, 0.05) is 27.0 Å². The van der Waals surface area contributed by atoms with E-state index in [0.29, 0.717) is 0 Å². The lowest BCUT2D eigenvalue weighted by molar-refractivity contribution is -0.168. The number of hydrogen-bond donors (Lipinski definition) is 1. The van der Waals surface area contributed by atoms with E-state index >= 15 is 0 Å². The Morgan fingerprint density at radius 1 is 1.23 bits per heavy atom. The predicted octanol–water partition coefficient (Wildman–Crippen LogP) is 0.150. The summed E-state index contributed by atoms with van der Waals surface area (Å²) in [6.07, 6.45) is 2.10. The average molecular weight is 365 g/mol. The Balaban J connectivity index is 2.21. The maximum absolute atomic E-state index is 12.2. The standard InChI is InChI=1S/C16H19N3O7/c1-9(20)17-14-6-7-19(16(23)18-14)15-5-4-12(25-11(3)22)13(26-15)8-24-10(2)21/h4-7,12-13,15H,8H2,1-3H3,(H,17,18,20,23)/t12-,13+,15+/m0/s1. The van der Waals surface area contributed by atoms with Crippen LogP contribution in [-0.2, 0) is 28.6 Å². The van der Waals surface area contributed by atoms with Crippen LogP contribution in [0, 0.1) is 0 Å². The third-order valence-corrected chi connectivity index (χ3v) is 3.31. The number of ether oxygens (including phenoxy) is 3. The molecule has 1 N–H and O–H groups in total. The van der Waals surface area contributed by atoms with Gasteiger partial charge in [-0.2, -0.15) is 4.98 Å². The van der Waals surface area contributed by atoms with Crippen LogP contribution in [0.1, 0.15) is 27.0 Å².